The zero-order valence-corrected chi connectivity index (χ0v) is 13.6. The third-order valence-corrected chi connectivity index (χ3v) is 5.91. The van der Waals surface area contributed by atoms with Gasteiger partial charge in [-0.2, -0.15) is 4.31 Å². The lowest BCUT2D eigenvalue weighted by molar-refractivity contribution is -0.120. The fourth-order valence-corrected chi connectivity index (χ4v) is 4.23. The maximum absolute atomic E-state index is 12.2. The van der Waals surface area contributed by atoms with Crippen LogP contribution in [-0.2, 0) is 26.0 Å². The van der Waals surface area contributed by atoms with Crippen LogP contribution in [0.5, 0.6) is 0 Å². The summed E-state index contributed by atoms with van der Waals surface area (Å²) in [5, 5.41) is 4.57. The van der Waals surface area contributed by atoms with E-state index in [2.05, 4.69) is 5.32 Å². The predicted molar refractivity (Wildman–Crippen MR) is 81.8 cm³/mol. The Hall–Kier alpha value is -0.960. The number of nitrogens with zero attached hydrogens (tertiary/aromatic N) is 1. The Bertz CT molecular complexity index is 557. The maximum atomic E-state index is 12.2. The fraction of sp³-hybridized carbons (Fsp3) is 0.615. The van der Waals surface area contributed by atoms with Crippen molar-refractivity contribution in [1.29, 1.82) is 0 Å². The molecule has 1 unspecified atom stereocenters. The van der Waals surface area contributed by atoms with E-state index < -0.39 is 10.0 Å². The Morgan fingerprint density at radius 1 is 1.57 bits per heavy atom. The summed E-state index contributed by atoms with van der Waals surface area (Å²) >= 11 is 1.51. The highest BCUT2D eigenvalue weighted by Crippen LogP contribution is 2.10. The molecule has 6 nitrogen and oxygen atoms in total. The second kappa shape index (κ2) is 7.35. The van der Waals surface area contributed by atoms with Crippen LogP contribution in [0.25, 0.3) is 0 Å². The van der Waals surface area contributed by atoms with Gasteiger partial charge in [0, 0.05) is 24.5 Å². The molecule has 1 aromatic rings. The first-order chi connectivity index (χ1) is 9.97. The molecule has 1 N–H and O–H groups in total. The number of hydrogen-bond donors (Lipinski definition) is 1. The molecule has 1 amide bonds. The second-order valence-corrected chi connectivity index (χ2v) is 8.08. The lowest BCUT2D eigenvalue weighted by Crippen LogP contribution is -2.46. The molecule has 1 saturated heterocycles. The Kier molecular flexibility index (Phi) is 5.74. The summed E-state index contributed by atoms with van der Waals surface area (Å²) < 4.78 is 31.1. The van der Waals surface area contributed by atoms with Gasteiger partial charge >= 0.3 is 0 Å². The molecule has 21 heavy (non-hydrogen) atoms. The van der Waals surface area contributed by atoms with E-state index in [0.717, 1.165) is 4.88 Å². The zero-order chi connectivity index (χ0) is 15.3. The largest absolute Gasteiger partial charge is 0.376 e. The smallest absolute Gasteiger partial charge is 0.225 e. The van der Waals surface area contributed by atoms with Crippen LogP contribution in [0.3, 0.4) is 0 Å². The van der Waals surface area contributed by atoms with Crippen LogP contribution in [0.15, 0.2) is 17.5 Å². The highest BCUT2D eigenvalue weighted by molar-refractivity contribution is 7.89. The predicted octanol–water partition coefficient (Wildman–Crippen LogP) is 0.457. The molecule has 1 aromatic heterocycles. The number of morpholine rings is 1. The highest BCUT2D eigenvalue weighted by Gasteiger charge is 2.27. The SMILES string of the molecule is CC1CN(S(=O)(=O)CCNC(=O)Cc2cccs2)CCO1. The molecular formula is C13H20N2O4S2. The van der Waals surface area contributed by atoms with E-state index in [4.69, 9.17) is 4.74 Å². The monoisotopic (exact) mass is 332 g/mol. The van der Waals surface area contributed by atoms with Crippen molar-refractivity contribution in [2.45, 2.75) is 19.4 Å². The van der Waals surface area contributed by atoms with E-state index in [0.29, 0.717) is 26.1 Å². The van der Waals surface area contributed by atoms with Crippen LogP contribution < -0.4 is 5.32 Å². The van der Waals surface area contributed by atoms with Crippen molar-refractivity contribution in [3.8, 4) is 0 Å². The number of hydrogen-bond acceptors (Lipinski definition) is 5. The first kappa shape index (κ1) is 16.4. The van der Waals surface area contributed by atoms with Gasteiger partial charge in [0.15, 0.2) is 0 Å². The lowest BCUT2D eigenvalue weighted by Gasteiger charge is -2.30. The van der Waals surface area contributed by atoms with Gasteiger partial charge in [-0.05, 0) is 18.4 Å². The summed E-state index contributed by atoms with van der Waals surface area (Å²) in [5.41, 5.74) is 0. The van der Waals surface area contributed by atoms with Crippen molar-refractivity contribution in [1.82, 2.24) is 9.62 Å². The summed E-state index contributed by atoms with van der Waals surface area (Å²) in [6, 6.07) is 3.77. The molecule has 1 aliphatic rings. The minimum absolute atomic E-state index is 0.0735. The first-order valence-corrected chi connectivity index (χ1v) is 9.35. The lowest BCUT2D eigenvalue weighted by atomic mass is 10.3. The molecule has 1 aliphatic heterocycles. The van der Waals surface area contributed by atoms with E-state index in [9.17, 15) is 13.2 Å². The van der Waals surface area contributed by atoms with Crippen molar-refractivity contribution in [3.05, 3.63) is 22.4 Å². The van der Waals surface area contributed by atoms with Gasteiger partial charge in [0.25, 0.3) is 0 Å². The van der Waals surface area contributed by atoms with E-state index in [1.54, 1.807) is 0 Å². The minimum atomic E-state index is -3.33. The van der Waals surface area contributed by atoms with Crippen molar-refractivity contribution in [2.75, 3.05) is 32.0 Å². The normalized spacial score (nSPS) is 20.3. The molecule has 1 atom stereocenters. The second-order valence-electron chi connectivity index (χ2n) is 4.96. The van der Waals surface area contributed by atoms with Crippen LogP contribution >= 0.6 is 11.3 Å². The maximum Gasteiger partial charge on any atom is 0.225 e. The van der Waals surface area contributed by atoms with E-state index >= 15 is 0 Å². The summed E-state index contributed by atoms with van der Waals surface area (Å²) in [6.45, 7) is 3.18. The summed E-state index contributed by atoms with van der Waals surface area (Å²) in [4.78, 5) is 12.7. The molecule has 0 saturated carbocycles. The van der Waals surface area contributed by atoms with E-state index in [1.807, 2.05) is 24.4 Å². The minimum Gasteiger partial charge on any atom is -0.376 e. The molecule has 2 heterocycles. The summed E-state index contributed by atoms with van der Waals surface area (Å²) in [6.07, 6.45) is 0.216. The molecule has 0 aromatic carbocycles. The van der Waals surface area contributed by atoms with Crippen LogP contribution in [0.4, 0.5) is 0 Å². The van der Waals surface area contributed by atoms with Crippen molar-refractivity contribution in [3.63, 3.8) is 0 Å². The summed E-state index contributed by atoms with van der Waals surface area (Å²) in [5.74, 6) is -0.224. The Balaban J connectivity index is 1.75. The van der Waals surface area contributed by atoms with Gasteiger partial charge in [-0.25, -0.2) is 8.42 Å². The topological polar surface area (TPSA) is 75.7 Å². The van der Waals surface area contributed by atoms with Gasteiger partial charge in [-0.1, -0.05) is 6.07 Å². The number of nitrogens with one attached hydrogen (secondary N) is 1. The Labute approximate surface area is 129 Å². The third kappa shape index (κ3) is 5.06. The van der Waals surface area contributed by atoms with Gasteiger partial charge in [-0.15, -0.1) is 11.3 Å². The molecule has 0 bridgehead atoms. The molecule has 1 fully saturated rings. The van der Waals surface area contributed by atoms with Gasteiger partial charge in [-0.3, -0.25) is 4.79 Å². The average Bonchev–Trinajstić information content (AvgIpc) is 2.91. The molecule has 0 radical (unpaired) electrons. The molecular weight excluding hydrogens is 312 g/mol. The van der Waals surface area contributed by atoms with E-state index in [-0.39, 0.29) is 24.3 Å². The zero-order valence-electron chi connectivity index (χ0n) is 11.9. The first-order valence-electron chi connectivity index (χ1n) is 6.86. The van der Waals surface area contributed by atoms with Gasteiger partial charge in [0.2, 0.25) is 15.9 Å². The van der Waals surface area contributed by atoms with Crippen LogP contribution in [0.1, 0.15) is 11.8 Å². The number of carbonyl (C=O) groups is 1. The Morgan fingerprint density at radius 2 is 2.38 bits per heavy atom. The van der Waals surface area contributed by atoms with Gasteiger partial charge < -0.3 is 10.1 Å². The number of carbonyl (C=O) groups excluding carboxylic acids is 1. The van der Waals surface area contributed by atoms with Crippen LogP contribution in [-0.4, -0.2) is 56.7 Å². The Morgan fingerprint density at radius 3 is 3.05 bits per heavy atom. The molecule has 0 spiro atoms. The molecule has 8 heteroatoms. The number of sulfonamides is 1. The van der Waals surface area contributed by atoms with Crippen LogP contribution in [0.2, 0.25) is 0 Å². The third-order valence-electron chi connectivity index (χ3n) is 3.19. The number of thiophene rings is 1. The van der Waals surface area contributed by atoms with Gasteiger partial charge in [0.1, 0.15) is 0 Å². The van der Waals surface area contributed by atoms with Crippen LogP contribution in [0, 0.1) is 0 Å². The quantitative estimate of drug-likeness (QED) is 0.821. The van der Waals surface area contributed by atoms with Crippen molar-refractivity contribution < 1.29 is 17.9 Å². The molecule has 118 valence electrons. The average molecular weight is 332 g/mol. The van der Waals surface area contributed by atoms with Gasteiger partial charge in [0.05, 0.1) is 24.9 Å². The van der Waals surface area contributed by atoms with Crippen molar-refractivity contribution in [2.24, 2.45) is 0 Å². The standard InChI is InChI=1S/C13H20N2O4S2/c1-11-10-15(5-6-19-11)21(17,18)8-4-14-13(16)9-12-3-2-7-20-12/h2-3,7,11H,4-6,8-10H2,1H3,(H,14,16). The van der Waals surface area contributed by atoms with E-state index in [1.165, 1.54) is 15.6 Å². The molecule has 2 rings (SSSR count). The fourth-order valence-electron chi connectivity index (χ4n) is 2.12. The number of ether oxygens (including phenoxy) is 1. The molecule has 0 aliphatic carbocycles. The highest BCUT2D eigenvalue weighted by atomic mass is 32.2. The van der Waals surface area contributed by atoms with Crippen molar-refractivity contribution >= 4 is 27.3 Å². The summed E-state index contributed by atoms with van der Waals surface area (Å²) in [7, 11) is -3.33. The number of rotatable bonds is 6. The number of amides is 1.